The maximum Gasteiger partial charge on any atom is 0.240 e. The first kappa shape index (κ1) is 11.5. The van der Waals surface area contributed by atoms with Gasteiger partial charge in [0.1, 0.15) is 0 Å². The average Bonchev–Trinajstić information content (AvgIpc) is 2.09. The molecule has 0 heterocycles. The van der Waals surface area contributed by atoms with Crippen LogP contribution in [0.4, 0.5) is 0 Å². The quantitative estimate of drug-likeness (QED) is 0.715. The molecule has 82 valence electrons. The van der Waals surface area contributed by atoms with E-state index in [9.17, 15) is 4.79 Å². The summed E-state index contributed by atoms with van der Waals surface area (Å²) in [6, 6.07) is 0. The molecule has 3 heteroatoms. The van der Waals surface area contributed by atoms with E-state index in [-0.39, 0.29) is 5.91 Å². The molecule has 3 N–H and O–H groups in total. The third-order valence-electron chi connectivity index (χ3n) is 3.42. The monoisotopic (exact) mass is 198 g/mol. The molecule has 1 saturated carbocycles. The van der Waals surface area contributed by atoms with Crippen molar-refractivity contribution in [3.05, 3.63) is 0 Å². The van der Waals surface area contributed by atoms with Crippen LogP contribution in [-0.4, -0.2) is 18.0 Å². The van der Waals surface area contributed by atoms with Crippen LogP contribution in [0.15, 0.2) is 0 Å². The molecule has 3 nitrogen and oxygen atoms in total. The van der Waals surface area contributed by atoms with Gasteiger partial charge in [-0.05, 0) is 31.1 Å². The lowest BCUT2D eigenvalue weighted by Crippen LogP contribution is -2.59. The molecule has 1 atom stereocenters. The minimum absolute atomic E-state index is 0.0382. The summed E-state index contributed by atoms with van der Waals surface area (Å²) in [6.45, 7) is 7.22. The fourth-order valence-electron chi connectivity index (χ4n) is 1.45. The third-order valence-corrected chi connectivity index (χ3v) is 3.42. The molecule has 0 spiro atoms. The smallest absolute Gasteiger partial charge is 0.240 e. The van der Waals surface area contributed by atoms with Gasteiger partial charge in [-0.25, -0.2) is 0 Å². The molecule has 0 aromatic carbocycles. The molecule has 0 saturated heterocycles. The Morgan fingerprint density at radius 1 is 1.43 bits per heavy atom. The summed E-state index contributed by atoms with van der Waals surface area (Å²) in [4.78, 5) is 11.6. The van der Waals surface area contributed by atoms with Crippen molar-refractivity contribution in [1.29, 1.82) is 0 Å². The summed E-state index contributed by atoms with van der Waals surface area (Å²) in [7, 11) is 0. The molecule has 0 radical (unpaired) electrons. The Labute approximate surface area is 86.4 Å². The number of nitrogens with two attached hydrogens (primary N) is 1. The lowest BCUT2D eigenvalue weighted by atomic mass is 9.77. The van der Waals surface area contributed by atoms with E-state index in [1.165, 1.54) is 0 Å². The Morgan fingerprint density at radius 3 is 2.36 bits per heavy atom. The van der Waals surface area contributed by atoms with Crippen molar-refractivity contribution >= 4 is 5.91 Å². The lowest BCUT2D eigenvalue weighted by Gasteiger charge is -2.36. The first-order valence-corrected chi connectivity index (χ1v) is 5.53. The SMILES string of the molecule is CC(C)C(C)CNC(=O)C1(N)CCC1. The Morgan fingerprint density at radius 2 is 2.00 bits per heavy atom. The Bertz CT molecular complexity index is 209. The van der Waals surface area contributed by atoms with E-state index < -0.39 is 5.54 Å². The van der Waals surface area contributed by atoms with Gasteiger partial charge >= 0.3 is 0 Å². The molecular formula is C11H22N2O. The van der Waals surface area contributed by atoms with Crippen molar-refractivity contribution in [2.24, 2.45) is 17.6 Å². The molecule has 14 heavy (non-hydrogen) atoms. The number of hydrogen-bond donors (Lipinski definition) is 2. The highest BCUT2D eigenvalue weighted by Crippen LogP contribution is 2.29. The van der Waals surface area contributed by atoms with Crippen molar-refractivity contribution in [3.8, 4) is 0 Å². The van der Waals surface area contributed by atoms with Gasteiger partial charge in [0, 0.05) is 6.54 Å². The van der Waals surface area contributed by atoms with Gasteiger partial charge in [0.05, 0.1) is 5.54 Å². The molecule has 1 unspecified atom stereocenters. The normalized spacial score (nSPS) is 21.5. The van der Waals surface area contributed by atoms with Crippen LogP contribution >= 0.6 is 0 Å². The van der Waals surface area contributed by atoms with Crippen molar-refractivity contribution in [1.82, 2.24) is 5.32 Å². The second kappa shape index (κ2) is 4.30. The average molecular weight is 198 g/mol. The summed E-state index contributed by atoms with van der Waals surface area (Å²) in [5.41, 5.74) is 5.35. The van der Waals surface area contributed by atoms with Gasteiger partial charge in [-0.15, -0.1) is 0 Å². The van der Waals surface area contributed by atoms with Gasteiger partial charge in [0.15, 0.2) is 0 Å². The van der Waals surface area contributed by atoms with Crippen LogP contribution in [0.3, 0.4) is 0 Å². The lowest BCUT2D eigenvalue weighted by molar-refractivity contribution is -0.129. The predicted octanol–water partition coefficient (Wildman–Crippen LogP) is 1.28. The van der Waals surface area contributed by atoms with Gasteiger partial charge < -0.3 is 11.1 Å². The highest BCUT2D eigenvalue weighted by molar-refractivity contribution is 5.86. The minimum atomic E-state index is -0.545. The zero-order chi connectivity index (χ0) is 10.8. The van der Waals surface area contributed by atoms with Crippen LogP contribution in [0.1, 0.15) is 40.0 Å². The molecule has 0 aliphatic heterocycles. The molecule has 1 aliphatic carbocycles. The number of hydrogen-bond acceptors (Lipinski definition) is 2. The van der Waals surface area contributed by atoms with Gasteiger partial charge in [-0.2, -0.15) is 0 Å². The van der Waals surface area contributed by atoms with E-state index in [0.717, 1.165) is 25.8 Å². The Balaban J connectivity index is 2.28. The Hall–Kier alpha value is -0.570. The number of carbonyl (C=O) groups excluding carboxylic acids is 1. The fraction of sp³-hybridized carbons (Fsp3) is 0.909. The summed E-state index contributed by atoms with van der Waals surface area (Å²) in [6.07, 6.45) is 2.77. The van der Waals surface area contributed by atoms with Crippen LogP contribution in [-0.2, 0) is 4.79 Å². The maximum atomic E-state index is 11.6. The van der Waals surface area contributed by atoms with E-state index >= 15 is 0 Å². The van der Waals surface area contributed by atoms with Gasteiger partial charge in [-0.3, -0.25) is 4.79 Å². The number of amides is 1. The second-order valence-corrected chi connectivity index (χ2v) is 4.94. The largest absolute Gasteiger partial charge is 0.354 e. The molecule has 1 rings (SSSR count). The molecule has 0 aromatic heterocycles. The van der Waals surface area contributed by atoms with Gasteiger partial charge in [0.2, 0.25) is 5.91 Å². The van der Waals surface area contributed by atoms with Crippen LogP contribution < -0.4 is 11.1 Å². The molecular weight excluding hydrogens is 176 g/mol. The zero-order valence-electron chi connectivity index (χ0n) is 9.47. The van der Waals surface area contributed by atoms with Crippen molar-refractivity contribution in [2.45, 2.75) is 45.6 Å². The summed E-state index contributed by atoms with van der Waals surface area (Å²) in [5.74, 6) is 1.16. The predicted molar refractivity (Wildman–Crippen MR) is 57.8 cm³/mol. The van der Waals surface area contributed by atoms with E-state index in [0.29, 0.717) is 11.8 Å². The van der Waals surface area contributed by atoms with Crippen molar-refractivity contribution in [3.63, 3.8) is 0 Å². The van der Waals surface area contributed by atoms with Crippen molar-refractivity contribution < 1.29 is 4.79 Å². The highest BCUT2D eigenvalue weighted by Gasteiger charge is 2.39. The summed E-state index contributed by atoms with van der Waals surface area (Å²) >= 11 is 0. The van der Waals surface area contributed by atoms with Gasteiger partial charge in [0.25, 0.3) is 0 Å². The fourth-order valence-corrected chi connectivity index (χ4v) is 1.45. The minimum Gasteiger partial charge on any atom is -0.354 e. The molecule has 1 amide bonds. The van der Waals surface area contributed by atoms with Crippen molar-refractivity contribution in [2.75, 3.05) is 6.54 Å². The molecule has 0 bridgehead atoms. The molecule has 0 aromatic rings. The number of carbonyl (C=O) groups is 1. The standard InChI is InChI=1S/C11H22N2O/c1-8(2)9(3)7-13-10(14)11(12)5-4-6-11/h8-9H,4-7,12H2,1-3H3,(H,13,14). The van der Waals surface area contributed by atoms with Gasteiger partial charge in [-0.1, -0.05) is 20.8 Å². The first-order chi connectivity index (χ1) is 6.46. The van der Waals surface area contributed by atoms with E-state index in [1.54, 1.807) is 0 Å². The summed E-state index contributed by atoms with van der Waals surface area (Å²) in [5, 5.41) is 2.94. The van der Waals surface area contributed by atoms with Crippen LogP contribution in [0.25, 0.3) is 0 Å². The summed E-state index contributed by atoms with van der Waals surface area (Å²) < 4.78 is 0. The van der Waals surface area contributed by atoms with Crippen LogP contribution in [0, 0.1) is 11.8 Å². The maximum absolute atomic E-state index is 11.6. The number of nitrogens with one attached hydrogen (secondary N) is 1. The first-order valence-electron chi connectivity index (χ1n) is 5.53. The van der Waals surface area contributed by atoms with Crippen LogP contribution in [0.5, 0.6) is 0 Å². The van der Waals surface area contributed by atoms with E-state index in [4.69, 9.17) is 5.73 Å². The molecule has 1 fully saturated rings. The Kier molecular flexibility index (Phi) is 3.53. The third kappa shape index (κ3) is 2.47. The van der Waals surface area contributed by atoms with E-state index in [2.05, 4.69) is 26.1 Å². The van der Waals surface area contributed by atoms with E-state index in [1.807, 2.05) is 0 Å². The van der Waals surface area contributed by atoms with Crippen LogP contribution in [0.2, 0.25) is 0 Å². The highest BCUT2D eigenvalue weighted by atomic mass is 16.2. The zero-order valence-corrected chi connectivity index (χ0v) is 9.47. The number of rotatable bonds is 4. The second-order valence-electron chi connectivity index (χ2n) is 4.94. The topological polar surface area (TPSA) is 55.1 Å². The molecule has 1 aliphatic rings.